The molecule has 0 fully saturated rings. The smallest absolute Gasteiger partial charge is 0.346 e. The summed E-state index contributed by atoms with van der Waals surface area (Å²) in [5.74, 6) is -0.586. The number of aromatic hydroxyl groups is 1. The number of unbranched alkanes of at least 4 members (excludes halogenated alkanes) is 4. The number of carbonyl (C=O) groups excluding carboxylic acids is 1. The summed E-state index contributed by atoms with van der Waals surface area (Å²) in [6.07, 6.45) is 8.92. The summed E-state index contributed by atoms with van der Waals surface area (Å²) in [5.41, 5.74) is 0.188. The molecular weight excluding hydrogens is 228 g/mol. The fourth-order valence-electron chi connectivity index (χ4n) is 1.58. The van der Waals surface area contributed by atoms with Gasteiger partial charge >= 0.3 is 5.97 Å². The molecule has 0 aliphatic carbocycles. The molecule has 0 saturated heterocycles. The van der Waals surface area contributed by atoms with Crippen LogP contribution in [-0.4, -0.2) is 11.1 Å². The minimum atomic E-state index is -0.530. The largest absolute Gasteiger partial charge is 0.507 e. The van der Waals surface area contributed by atoms with Crippen LogP contribution >= 0.6 is 0 Å². The van der Waals surface area contributed by atoms with E-state index in [0.717, 1.165) is 12.8 Å². The van der Waals surface area contributed by atoms with Gasteiger partial charge in [-0.1, -0.05) is 38.3 Å². The molecular formula is C15H20O3. The molecule has 0 aliphatic heterocycles. The molecule has 3 heteroatoms. The summed E-state index contributed by atoms with van der Waals surface area (Å²) < 4.78 is 4.94. The average Bonchev–Trinajstić information content (AvgIpc) is 2.38. The molecule has 1 aromatic rings. The molecule has 1 aromatic carbocycles. The number of phenolic OH excluding ortho intramolecular Hbond substituents is 1. The summed E-state index contributed by atoms with van der Waals surface area (Å²) in [6, 6.07) is 6.35. The highest BCUT2D eigenvalue weighted by Crippen LogP contribution is 2.16. The van der Waals surface area contributed by atoms with E-state index in [1.807, 2.05) is 6.08 Å². The summed E-state index contributed by atoms with van der Waals surface area (Å²) >= 11 is 0. The van der Waals surface area contributed by atoms with Gasteiger partial charge in [0, 0.05) is 0 Å². The number of rotatable bonds is 7. The molecule has 18 heavy (non-hydrogen) atoms. The first-order valence-electron chi connectivity index (χ1n) is 6.39. The Morgan fingerprint density at radius 3 is 2.78 bits per heavy atom. The van der Waals surface area contributed by atoms with Gasteiger partial charge in [0.15, 0.2) is 0 Å². The zero-order chi connectivity index (χ0) is 13.2. The Morgan fingerprint density at radius 1 is 1.28 bits per heavy atom. The number of benzene rings is 1. The van der Waals surface area contributed by atoms with Crippen molar-refractivity contribution in [2.24, 2.45) is 0 Å². The highest BCUT2D eigenvalue weighted by atomic mass is 16.5. The maximum absolute atomic E-state index is 11.6. The SMILES string of the molecule is CCCCCCC=COC(=O)c1ccccc1O. The van der Waals surface area contributed by atoms with Crippen molar-refractivity contribution in [2.45, 2.75) is 39.0 Å². The first-order valence-corrected chi connectivity index (χ1v) is 6.39. The van der Waals surface area contributed by atoms with Crippen LogP contribution in [0.5, 0.6) is 5.75 Å². The van der Waals surface area contributed by atoms with E-state index in [1.54, 1.807) is 12.1 Å². The minimum absolute atomic E-state index is 0.0566. The van der Waals surface area contributed by atoms with Gasteiger partial charge in [-0.25, -0.2) is 4.79 Å². The first kappa shape index (κ1) is 14.3. The summed E-state index contributed by atoms with van der Waals surface area (Å²) in [6.45, 7) is 2.17. The highest BCUT2D eigenvalue weighted by molar-refractivity contribution is 5.92. The zero-order valence-electron chi connectivity index (χ0n) is 10.8. The molecule has 98 valence electrons. The van der Waals surface area contributed by atoms with E-state index in [4.69, 9.17) is 4.74 Å². The second-order valence-electron chi connectivity index (χ2n) is 4.14. The highest BCUT2D eigenvalue weighted by Gasteiger charge is 2.09. The van der Waals surface area contributed by atoms with Gasteiger partial charge in [0.2, 0.25) is 0 Å². The molecule has 0 amide bonds. The van der Waals surface area contributed by atoms with Gasteiger partial charge in [0.1, 0.15) is 11.3 Å². The van der Waals surface area contributed by atoms with Crippen LogP contribution in [0.2, 0.25) is 0 Å². The van der Waals surface area contributed by atoms with Crippen molar-refractivity contribution in [3.05, 3.63) is 42.2 Å². The number of esters is 1. The fourth-order valence-corrected chi connectivity index (χ4v) is 1.58. The van der Waals surface area contributed by atoms with E-state index in [0.29, 0.717) is 0 Å². The quantitative estimate of drug-likeness (QED) is 0.450. The van der Waals surface area contributed by atoms with E-state index in [2.05, 4.69) is 6.92 Å². The number of para-hydroxylation sites is 1. The molecule has 1 rings (SSSR count). The molecule has 0 radical (unpaired) electrons. The summed E-state index contributed by atoms with van der Waals surface area (Å²) in [7, 11) is 0. The van der Waals surface area contributed by atoms with Crippen LogP contribution < -0.4 is 0 Å². The number of hydrogen-bond acceptors (Lipinski definition) is 3. The van der Waals surface area contributed by atoms with E-state index in [-0.39, 0.29) is 11.3 Å². The predicted octanol–water partition coefficient (Wildman–Crippen LogP) is 4.03. The Labute approximate surface area is 108 Å². The topological polar surface area (TPSA) is 46.5 Å². The first-order chi connectivity index (χ1) is 8.75. The Hall–Kier alpha value is -1.77. The number of carbonyl (C=O) groups is 1. The van der Waals surface area contributed by atoms with Gasteiger partial charge in [0.05, 0.1) is 6.26 Å². The van der Waals surface area contributed by atoms with Gasteiger partial charge in [0.25, 0.3) is 0 Å². The third kappa shape index (κ3) is 5.04. The number of hydrogen-bond donors (Lipinski definition) is 1. The van der Waals surface area contributed by atoms with Crippen LogP contribution in [-0.2, 0) is 4.74 Å². The third-order valence-electron chi connectivity index (χ3n) is 2.62. The standard InChI is InChI=1S/C15H20O3/c1-2-3-4-5-6-9-12-18-15(17)13-10-7-8-11-14(13)16/h7-12,16H,2-6H2,1H3. The lowest BCUT2D eigenvalue weighted by Gasteiger charge is -2.01. The van der Waals surface area contributed by atoms with Crippen molar-refractivity contribution in [3.8, 4) is 5.75 Å². The Morgan fingerprint density at radius 2 is 2.06 bits per heavy atom. The van der Waals surface area contributed by atoms with E-state index < -0.39 is 5.97 Å². The molecule has 0 saturated carbocycles. The molecule has 1 N–H and O–H groups in total. The van der Waals surface area contributed by atoms with Crippen molar-refractivity contribution < 1.29 is 14.6 Å². The molecule has 3 nitrogen and oxygen atoms in total. The van der Waals surface area contributed by atoms with E-state index in [1.165, 1.54) is 37.7 Å². The normalized spacial score (nSPS) is 10.7. The second kappa shape index (κ2) is 8.34. The molecule has 0 unspecified atom stereocenters. The maximum Gasteiger partial charge on any atom is 0.346 e. The van der Waals surface area contributed by atoms with Gasteiger partial charge in [-0.2, -0.15) is 0 Å². The van der Waals surface area contributed by atoms with Crippen LogP contribution in [0.4, 0.5) is 0 Å². The molecule has 0 aromatic heterocycles. The lowest BCUT2D eigenvalue weighted by atomic mass is 10.1. The van der Waals surface area contributed by atoms with Gasteiger partial charge in [-0.05, 0) is 31.1 Å². The van der Waals surface area contributed by atoms with Gasteiger partial charge in [-0.15, -0.1) is 0 Å². The molecule has 0 spiro atoms. The van der Waals surface area contributed by atoms with Crippen LogP contribution in [0.3, 0.4) is 0 Å². The lowest BCUT2D eigenvalue weighted by molar-refractivity contribution is 0.0659. The Kier molecular flexibility index (Phi) is 6.62. The molecule has 0 bridgehead atoms. The second-order valence-corrected chi connectivity index (χ2v) is 4.14. The molecule has 0 atom stereocenters. The van der Waals surface area contributed by atoms with Crippen LogP contribution in [0.25, 0.3) is 0 Å². The van der Waals surface area contributed by atoms with Gasteiger partial charge < -0.3 is 9.84 Å². The number of phenols is 1. The fraction of sp³-hybridized carbons (Fsp3) is 0.400. The lowest BCUT2D eigenvalue weighted by Crippen LogP contribution is -2.00. The van der Waals surface area contributed by atoms with Crippen molar-refractivity contribution in [1.29, 1.82) is 0 Å². The Bertz CT molecular complexity index is 396. The maximum atomic E-state index is 11.6. The number of allylic oxidation sites excluding steroid dienone is 1. The number of ether oxygens (including phenoxy) is 1. The molecule has 0 heterocycles. The van der Waals surface area contributed by atoms with E-state index >= 15 is 0 Å². The van der Waals surface area contributed by atoms with E-state index in [9.17, 15) is 9.90 Å². The summed E-state index contributed by atoms with van der Waals surface area (Å²) in [5, 5.41) is 9.46. The average molecular weight is 248 g/mol. The van der Waals surface area contributed by atoms with Crippen molar-refractivity contribution in [2.75, 3.05) is 0 Å². The van der Waals surface area contributed by atoms with Gasteiger partial charge in [-0.3, -0.25) is 0 Å². The minimum Gasteiger partial charge on any atom is -0.507 e. The van der Waals surface area contributed by atoms with Crippen LogP contribution in [0.1, 0.15) is 49.4 Å². The van der Waals surface area contributed by atoms with Crippen molar-refractivity contribution in [3.63, 3.8) is 0 Å². The van der Waals surface area contributed by atoms with Crippen molar-refractivity contribution >= 4 is 5.97 Å². The predicted molar refractivity (Wildman–Crippen MR) is 71.4 cm³/mol. The van der Waals surface area contributed by atoms with Crippen LogP contribution in [0, 0.1) is 0 Å². The monoisotopic (exact) mass is 248 g/mol. The zero-order valence-corrected chi connectivity index (χ0v) is 10.8. The third-order valence-corrected chi connectivity index (χ3v) is 2.62. The Balaban J connectivity index is 2.29. The van der Waals surface area contributed by atoms with Crippen LogP contribution in [0.15, 0.2) is 36.6 Å². The molecule has 0 aliphatic rings. The summed E-state index contributed by atoms with van der Waals surface area (Å²) in [4.78, 5) is 11.6. The van der Waals surface area contributed by atoms with Crippen molar-refractivity contribution in [1.82, 2.24) is 0 Å².